The van der Waals surface area contributed by atoms with E-state index in [4.69, 9.17) is 23.2 Å². The summed E-state index contributed by atoms with van der Waals surface area (Å²) in [6.07, 6.45) is -0.0299. The van der Waals surface area contributed by atoms with E-state index < -0.39 is 11.6 Å². The van der Waals surface area contributed by atoms with Crippen molar-refractivity contribution in [3.05, 3.63) is 69.2 Å². The highest BCUT2D eigenvalue weighted by Crippen LogP contribution is 2.20. The fourth-order valence-electron chi connectivity index (χ4n) is 1.82. The summed E-state index contributed by atoms with van der Waals surface area (Å²) in [6.45, 7) is 0. The van der Waals surface area contributed by atoms with E-state index in [0.717, 1.165) is 12.1 Å². The third-order valence-corrected chi connectivity index (χ3v) is 3.39. The van der Waals surface area contributed by atoms with Gasteiger partial charge in [0, 0.05) is 22.9 Å². The molecule has 0 aromatic heterocycles. The third kappa shape index (κ3) is 3.78. The first kappa shape index (κ1) is 14.9. The van der Waals surface area contributed by atoms with E-state index in [9.17, 15) is 13.6 Å². The smallest absolute Gasteiger partial charge is 0.141 e. The van der Waals surface area contributed by atoms with Crippen molar-refractivity contribution in [2.75, 3.05) is 0 Å². The number of hydrogen-bond acceptors (Lipinski definition) is 1. The summed E-state index contributed by atoms with van der Waals surface area (Å²) in [5, 5.41) is 0.468. The topological polar surface area (TPSA) is 17.1 Å². The van der Waals surface area contributed by atoms with Gasteiger partial charge in [-0.1, -0.05) is 35.3 Å². The van der Waals surface area contributed by atoms with Crippen molar-refractivity contribution in [3.8, 4) is 0 Å². The van der Waals surface area contributed by atoms with Crippen molar-refractivity contribution in [2.24, 2.45) is 0 Å². The predicted molar refractivity (Wildman–Crippen MR) is 75.2 cm³/mol. The number of carbonyl (C=O) groups excluding carboxylic acids is 1. The molecule has 5 heteroatoms. The molecule has 0 saturated heterocycles. The molecule has 0 saturated carbocycles. The molecular formula is C15H10Cl2F2O. The van der Waals surface area contributed by atoms with Crippen LogP contribution in [0.2, 0.25) is 10.0 Å². The van der Waals surface area contributed by atoms with Gasteiger partial charge in [-0.25, -0.2) is 8.78 Å². The van der Waals surface area contributed by atoms with Crippen LogP contribution < -0.4 is 0 Å². The van der Waals surface area contributed by atoms with Crippen LogP contribution in [-0.4, -0.2) is 5.78 Å². The lowest BCUT2D eigenvalue weighted by Crippen LogP contribution is -2.08. The molecule has 1 nitrogen and oxygen atoms in total. The average Bonchev–Trinajstić information content (AvgIpc) is 2.36. The molecule has 0 bridgehead atoms. The fraction of sp³-hybridized carbons (Fsp3) is 0.133. The summed E-state index contributed by atoms with van der Waals surface area (Å²) >= 11 is 11.5. The van der Waals surface area contributed by atoms with Gasteiger partial charge in [-0.15, -0.1) is 0 Å². The lowest BCUT2D eigenvalue weighted by molar-refractivity contribution is -0.117. The highest BCUT2D eigenvalue weighted by atomic mass is 35.5. The minimum Gasteiger partial charge on any atom is -0.299 e. The summed E-state index contributed by atoms with van der Waals surface area (Å²) < 4.78 is 26.5. The monoisotopic (exact) mass is 314 g/mol. The number of carbonyl (C=O) groups is 1. The normalized spacial score (nSPS) is 10.6. The molecule has 0 aliphatic carbocycles. The van der Waals surface area contributed by atoms with Crippen LogP contribution in [0.1, 0.15) is 11.1 Å². The fourth-order valence-corrected chi connectivity index (χ4v) is 2.21. The Morgan fingerprint density at radius 3 is 2.25 bits per heavy atom. The summed E-state index contributed by atoms with van der Waals surface area (Å²) in [5.41, 5.74) is 0.796. The van der Waals surface area contributed by atoms with Crippen LogP contribution in [0.25, 0.3) is 0 Å². The minimum atomic E-state index is -0.518. The Labute approximate surface area is 125 Å². The largest absolute Gasteiger partial charge is 0.299 e. The molecule has 20 heavy (non-hydrogen) atoms. The van der Waals surface area contributed by atoms with Gasteiger partial charge in [0.15, 0.2) is 0 Å². The van der Waals surface area contributed by atoms with Crippen LogP contribution in [0.3, 0.4) is 0 Å². The van der Waals surface area contributed by atoms with Crippen LogP contribution in [0.15, 0.2) is 36.4 Å². The first-order valence-corrected chi connectivity index (χ1v) is 6.61. The van der Waals surface area contributed by atoms with Crippen LogP contribution in [0, 0.1) is 11.6 Å². The maximum absolute atomic E-state index is 13.6. The molecule has 0 spiro atoms. The third-order valence-electron chi connectivity index (χ3n) is 2.81. The molecule has 2 rings (SSSR count). The van der Waals surface area contributed by atoms with Crippen molar-refractivity contribution in [1.29, 1.82) is 0 Å². The van der Waals surface area contributed by atoms with Gasteiger partial charge < -0.3 is 0 Å². The van der Waals surface area contributed by atoms with E-state index in [0.29, 0.717) is 5.56 Å². The zero-order valence-corrected chi connectivity index (χ0v) is 11.8. The molecule has 0 radical (unpaired) electrons. The molecule has 0 N–H and O–H groups in total. The molecule has 104 valence electrons. The van der Waals surface area contributed by atoms with Crippen molar-refractivity contribution >= 4 is 29.0 Å². The Bertz CT molecular complexity index is 601. The van der Waals surface area contributed by atoms with Gasteiger partial charge in [-0.2, -0.15) is 0 Å². The molecule has 2 aromatic rings. The average molecular weight is 315 g/mol. The predicted octanol–water partition coefficient (Wildman–Crippen LogP) is 4.63. The van der Waals surface area contributed by atoms with Gasteiger partial charge in [0.1, 0.15) is 17.4 Å². The highest BCUT2D eigenvalue weighted by Gasteiger charge is 2.12. The lowest BCUT2D eigenvalue weighted by Gasteiger charge is -2.05. The van der Waals surface area contributed by atoms with E-state index in [1.54, 1.807) is 0 Å². The zero-order valence-electron chi connectivity index (χ0n) is 10.3. The minimum absolute atomic E-state index is 0.0289. The number of halogens is 4. The Kier molecular flexibility index (Phi) is 4.73. The van der Waals surface area contributed by atoms with Gasteiger partial charge in [0.05, 0.1) is 0 Å². The Hall–Kier alpha value is -1.45. The van der Waals surface area contributed by atoms with E-state index in [1.165, 1.54) is 24.3 Å². The second kappa shape index (κ2) is 6.33. The lowest BCUT2D eigenvalue weighted by atomic mass is 10.0. The quantitative estimate of drug-likeness (QED) is 0.804. The first-order chi connectivity index (χ1) is 9.45. The van der Waals surface area contributed by atoms with Gasteiger partial charge in [-0.3, -0.25) is 4.79 Å². The number of Topliss-reactive ketones (excluding diaryl/α,β-unsaturated/α-hetero) is 1. The number of benzene rings is 2. The molecule has 0 atom stereocenters. The Balaban J connectivity index is 2.09. The van der Waals surface area contributed by atoms with E-state index in [2.05, 4.69) is 0 Å². The maximum atomic E-state index is 13.6. The van der Waals surface area contributed by atoms with Crippen molar-refractivity contribution in [3.63, 3.8) is 0 Å². The molecular weight excluding hydrogens is 305 g/mol. The first-order valence-electron chi connectivity index (χ1n) is 5.85. The van der Waals surface area contributed by atoms with E-state index in [1.807, 2.05) is 0 Å². The Morgan fingerprint density at radius 1 is 0.950 bits per heavy atom. The second-order valence-corrected chi connectivity index (χ2v) is 5.21. The van der Waals surface area contributed by atoms with Crippen LogP contribution >= 0.6 is 23.2 Å². The molecule has 0 heterocycles. The van der Waals surface area contributed by atoms with Gasteiger partial charge in [0.2, 0.25) is 0 Å². The van der Waals surface area contributed by atoms with Gasteiger partial charge in [0.25, 0.3) is 0 Å². The molecule has 0 fully saturated rings. The molecule has 0 amide bonds. The van der Waals surface area contributed by atoms with Crippen molar-refractivity contribution in [1.82, 2.24) is 0 Å². The van der Waals surface area contributed by atoms with E-state index >= 15 is 0 Å². The Morgan fingerprint density at radius 2 is 1.60 bits per heavy atom. The van der Waals surface area contributed by atoms with E-state index in [-0.39, 0.29) is 34.2 Å². The molecule has 0 aliphatic rings. The zero-order chi connectivity index (χ0) is 14.7. The van der Waals surface area contributed by atoms with Crippen LogP contribution in [0.4, 0.5) is 8.78 Å². The second-order valence-electron chi connectivity index (χ2n) is 4.36. The summed E-state index contributed by atoms with van der Waals surface area (Å²) in [4.78, 5) is 11.9. The summed E-state index contributed by atoms with van der Waals surface area (Å²) in [7, 11) is 0. The van der Waals surface area contributed by atoms with Gasteiger partial charge in [-0.05, 0) is 35.4 Å². The number of ketones is 1. The molecule has 0 aliphatic heterocycles. The van der Waals surface area contributed by atoms with Crippen molar-refractivity contribution in [2.45, 2.75) is 12.8 Å². The maximum Gasteiger partial charge on any atom is 0.141 e. The van der Waals surface area contributed by atoms with Gasteiger partial charge >= 0.3 is 0 Å². The summed E-state index contributed by atoms with van der Waals surface area (Å²) in [6, 6.07) is 7.99. The van der Waals surface area contributed by atoms with Crippen molar-refractivity contribution < 1.29 is 13.6 Å². The van der Waals surface area contributed by atoms with Crippen LogP contribution in [0.5, 0.6) is 0 Å². The summed E-state index contributed by atoms with van der Waals surface area (Å²) in [5.74, 6) is -1.19. The number of rotatable bonds is 4. The standard InChI is InChI=1S/C15H10Cl2F2O/c16-11-3-1-10(15(19)7-11)6-13(20)5-9-2-4-12(18)8-14(9)17/h1-4,7-8H,5-6H2. The SMILES string of the molecule is O=C(Cc1ccc(Cl)cc1F)Cc1ccc(F)cc1Cl. The van der Waals surface area contributed by atoms with Crippen LogP contribution in [-0.2, 0) is 17.6 Å². The number of hydrogen-bond donors (Lipinski definition) is 0. The molecule has 2 aromatic carbocycles. The highest BCUT2D eigenvalue weighted by molar-refractivity contribution is 6.31. The molecule has 0 unspecified atom stereocenters.